The Kier molecular flexibility index (Phi) is 5.93. The lowest BCUT2D eigenvalue weighted by atomic mass is 9.96. The molecule has 30 heavy (non-hydrogen) atoms. The molecule has 0 aromatic heterocycles. The molecule has 5 nitrogen and oxygen atoms in total. The van der Waals surface area contributed by atoms with Gasteiger partial charge in [-0.25, -0.2) is 12.8 Å². The van der Waals surface area contributed by atoms with Crippen molar-refractivity contribution in [1.29, 1.82) is 0 Å². The van der Waals surface area contributed by atoms with Gasteiger partial charge < -0.3 is 5.32 Å². The molecule has 2 aromatic carbocycles. The van der Waals surface area contributed by atoms with Gasteiger partial charge in [0.1, 0.15) is 5.82 Å². The molecule has 0 bridgehead atoms. The molecular formula is C23H27FN2O3S. The zero-order valence-corrected chi connectivity index (χ0v) is 17.9. The van der Waals surface area contributed by atoms with Gasteiger partial charge in [-0.05, 0) is 80.0 Å². The van der Waals surface area contributed by atoms with Crippen molar-refractivity contribution >= 4 is 15.9 Å². The minimum absolute atomic E-state index is 0.0820. The first kappa shape index (κ1) is 21.0. The molecule has 2 aromatic rings. The lowest BCUT2D eigenvalue weighted by molar-refractivity contribution is -0.126. The van der Waals surface area contributed by atoms with Crippen LogP contribution in [-0.2, 0) is 27.7 Å². The molecule has 0 spiro atoms. The summed E-state index contributed by atoms with van der Waals surface area (Å²) in [7, 11) is -3.54. The number of carbonyl (C=O) groups is 1. The van der Waals surface area contributed by atoms with Crippen LogP contribution in [0, 0.1) is 11.7 Å². The molecule has 2 aliphatic rings. The lowest BCUT2D eigenvalue weighted by Crippen LogP contribution is -2.43. The Balaban J connectivity index is 1.36. The van der Waals surface area contributed by atoms with Crippen molar-refractivity contribution < 1.29 is 17.6 Å². The molecule has 1 N–H and O–H groups in total. The maximum atomic E-state index is 13.1. The Hall–Kier alpha value is -2.25. The number of benzene rings is 2. The highest BCUT2D eigenvalue weighted by Crippen LogP contribution is 2.29. The number of nitrogens with zero attached hydrogens (tertiary/aromatic N) is 1. The lowest BCUT2D eigenvalue weighted by Gasteiger charge is -2.31. The van der Waals surface area contributed by atoms with Gasteiger partial charge in [-0.2, -0.15) is 4.31 Å². The highest BCUT2D eigenvalue weighted by Gasteiger charge is 2.33. The van der Waals surface area contributed by atoms with Crippen LogP contribution >= 0.6 is 0 Å². The predicted octanol–water partition coefficient (Wildman–Crippen LogP) is 3.59. The fourth-order valence-corrected chi connectivity index (χ4v) is 5.90. The molecule has 160 valence electrons. The van der Waals surface area contributed by atoms with Crippen molar-refractivity contribution in [3.8, 4) is 0 Å². The minimum atomic E-state index is -3.54. The number of amides is 1. The van der Waals surface area contributed by atoms with Crippen molar-refractivity contribution in [3.63, 3.8) is 0 Å². The summed E-state index contributed by atoms with van der Waals surface area (Å²) in [6.07, 6.45) is 4.02. The standard InChI is InChI=1S/C23H27FN2O3S/c1-16(17-5-8-21(24)9-6-17)25-23(27)19-11-13-26(14-12-19)30(28,29)22-10-7-18-3-2-4-20(18)15-22/h5-10,15-16,19H,2-4,11-14H2,1H3,(H,25,27)/t16-/m1/s1. The SMILES string of the molecule is C[C@@H](NC(=O)C1CCN(S(=O)(=O)c2ccc3c(c2)CCC3)CC1)c1ccc(F)cc1. The van der Waals surface area contributed by atoms with Gasteiger partial charge in [0.2, 0.25) is 15.9 Å². The van der Waals surface area contributed by atoms with E-state index in [2.05, 4.69) is 5.32 Å². The first-order valence-corrected chi connectivity index (χ1v) is 12.0. The fourth-order valence-electron chi connectivity index (χ4n) is 4.38. The van der Waals surface area contributed by atoms with Gasteiger partial charge in [0, 0.05) is 19.0 Å². The molecule has 0 saturated carbocycles. The molecule has 1 aliphatic carbocycles. The van der Waals surface area contributed by atoms with Crippen LogP contribution in [0.15, 0.2) is 47.4 Å². The van der Waals surface area contributed by atoms with Crippen molar-refractivity contribution in [2.24, 2.45) is 5.92 Å². The maximum Gasteiger partial charge on any atom is 0.243 e. The summed E-state index contributed by atoms with van der Waals surface area (Å²) >= 11 is 0. The molecule has 1 atom stereocenters. The Morgan fingerprint density at radius 1 is 1.07 bits per heavy atom. The summed E-state index contributed by atoms with van der Waals surface area (Å²) in [5.74, 6) is -0.616. The number of fused-ring (bicyclic) bond motifs is 1. The summed E-state index contributed by atoms with van der Waals surface area (Å²) < 4.78 is 40.7. The molecule has 1 fully saturated rings. The van der Waals surface area contributed by atoms with E-state index in [0.29, 0.717) is 30.8 Å². The highest BCUT2D eigenvalue weighted by atomic mass is 32.2. The molecule has 0 radical (unpaired) electrons. The van der Waals surface area contributed by atoms with E-state index >= 15 is 0 Å². The molecule has 7 heteroatoms. The zero-order chi connectivity index (χ0) is 21.3. The fraction of sp³-hybridized carbons (Fsp3) is 0.435. The van der Waals surface area contributed by atoms with Gasteiger partial charge in [0.05, 0.1) is 10.9 Å². The molecule has 0 unspecified atom stereocenters. The third-order valence-electron chi connectivity index (χ3n) is 6.26. The second kappa shape index (κ2) is 8.47. The summed E-state index contributed by atoms with van der Waals surface area (Å²) in [6.45, 7) is 2.53. The quantitative estimate of drug-likeness (QED) is 0.788. The number of aryl methyl sites for hydroxylation is 2. The Morgan fingerprint density at radius 2 is 1.73 bits per heavy atom. The second-order valence-corrected chi connectivity index (χ2v) is 10.2. The number of nitrogens with one attached hydrogen (secondary N) is 1. The summed E-state index contributed by atoms with van der Waals surface area (Å²) in [4.78, 5) is 13.0. The van der Waals surface area contributed by atoms with E-state index in [4.69, 9.17) is 0 Å². The van der Waals surface area contributed by atoms with E-state index in [0.717, 1.165) is 30.4 Å². The van der Waals surface area contributed by atoms with E-state index in [1.165, 1.54) is 22.0 Å². The number of halogens is 1. The van der Waals surface area contributed by atoms with Gasteiger partial charge in [-0.15, -0.1) is 0 Å². The van der Waals surface area contributed by atoms with Crippen LogP contribution < -0.4 is 5.32 Å². The molecule has 1 aliphatic heterocycles. The van der Waals surface area contributed by atoms with Gasteiger partial charge in [-0.1, -0.05) is 18.2 Å². The predicted molar refractivity (Wildman–Crippen MR) is 113 cm³/mol. The maximum absolute atomic E-state index is 13.1. The molecule has 4 rings (SSSR count). The third-order valence-corrected chi connectivity index (χ3v) is 8.16. The van der Waals surface area contributed by atoms with Crippen LogP contribution in [0.2, 0.25) is 0 Å². The summed E-state index contributed by atoms with van der Waals surface area (Å²) in [6, 6.07) is 11.3. The minimum Gasteiger partial charge on any atom is -0.349 e. The third kappa shape index (κ3) is 4.27. The van der Waals surface area contributed by atoms with E-state index in [1.54, 1.807) is 18.2 Å². The molecule has 1 heterocycles. The number of hydrogen-bond acceptors (Lipinski definition) is 3. The largest absolute Gasteiger partial charge is 0.349 e. The van der Waals surface area contributed by atoms with Crippen LogP contribution in [0.1, 0.15) is 48.9 Å². The number of hydrogen-bond donors (Lipinski definition) is 1. The number of sulfonamides is 1. The number of rotatable bonds is 5. The average Bonchev–Trinajstić information content (AvgIpc) is 3.22. The first-order chi connectivity index (χ1) is 14.3. The first-order valence-electron chi connectivity index (χ1n) is 10.5. The molecular weight excluding hydrogens is 403 g/mol. The summed E-state index contributed by atoms with van der Waals surface area (Å²) in [5, 5.41) is 2.97. The van der Waals surface area contributed by atoms with Gasteiger partial charge in [0.15, 0.2) is 0 Å². The van der Waals surface area contributed by atoms with Crippen molar-refractivity contribution in [3.05, 3.63) is 65.0 Å². The van der Waals surface area contributed by atoms with Crippen LogP contribution in [0.25, 0.3) is 0 Å². The molecule has 1 amide bonds. The van der Waals surface area contributed by atoms with Gasteiger partial charge in [0.25, 0.3) is 0 Å². The number of carbonyl (C=O) groups excluding carboxylic acids is 1. The summed E-state index contributed by atoms with van der Waals surface area (Å²) in [5.41, 5.74) is 3.22. The zero-order valence-electron chi connectivity index (χ0n) is 17.1. The van der Waals surface area contributed by atoms with E-state index in [1.807, 2.05) is 19.1 Å². The van der Waals surface area contributed by atoms with E-state index in [-0.39, 0.29) is 23.7 Å². The normalized spacial score (nSPS) is 18.7. The van der Waals surface area contributed by atoms with Crippen molar-refractivity contribution in [2.45, 2.75) is 50.0 Å². The van der Waals surface area contributed by atoms with Crippen LogP contribution in [-0.4, -0.2) is 31.7 Å². The monoisotopic (exact) mass is 430 g/mol. The highest BCUT2D eigenvalue weighted by molar-refractivity contribution is 7.89. The van der Waals surface area contributed by atoms with Gasteiger partial charge >= 0.3 is 0 Å². The Labute approximate surface area is 177 Å². The number of piperidine rings is 1. The smallest absolute Gasteiger partial charge is 0.243 e. The van der Waals surface area contributed by atoms with Crippen molar-refractivity contribution in [1.82, 2.24) is 9.62 Å². The van der Waals surface area contributed by atoms with Crippen LogP contribution in [0.3, 0.4) is 0 Å². The van der Waals surface area contributed by atoms with E-state index in [9.17, 15) is 17.6 Å². The van der Waals surface area contributed by atoms with Crippen molar-refractivity contribution in [2.75, 3.05) is 13.1 Å². The molecule has 1 saturated heterocycles. The second-order valence-electron chi connectivity index (χ2n) is 8.24. The topological polar surface area (TPSA) is 66.5 Å². The van der Waals surface area contributed by atoms with E-state index < -0.39 is 10.0 Å². The Morgan fingerprint density at radius 3 is 2.43 bits per heavy atom. The van der Waals surface area contributed by atoms with Crippen LogP contribution in [0.4, 0.5) is 4.39 Å². The van der Waals surface area contributed by atoms with Gasteiger partial charge in [-0.3, -0.25) is 4.79 Å². The van der Waals surface area contributed by atoms with Crippen LogP contribution in [0.5, 0.6) is 0 Å². The average molecular weight is 431 g/mol. The Bertz CT molecular complexity index is 1030.